The number of ether oxygens (including phenoxy) is 1. The van der Waals surface area contributed by atoms with Crippen molar-refractivity contribution >= 4 is 5.95 Å². The van der Waals surface area contributed by atoms with Crippen molar-refractivity contribution in [1.82, 2.24) is 15.0 Å². The molecular formula is C17H22N4O. The van der Waals surface area contributed by atoms with Crippen LogP contribution in [0.4, 0.5) is 5.95 Å². The van der Waals surface area contributed by atoms with Gasteiger partial charge in [-0.05, 0) is 44.2 Å². The van der Waals surface area contributed by atoms with E-state index >= 15 is 0 Å². The molecule has 0 atom stereocenters. The summed E-state index contributed by atoms with van der Waals surface area (Å²) >= 11 is 0. The molecule has 0 radical (unpaired) electrons. The van der Waals surface area contributed by atoms with Crippen LogP contribution >= 0.6 is 0 Å². The number of hydrogen-bond donors (Lipinski definition) is 0. The highest BCUT2D eigenvalue weighted by Crippen LogP contribution is 2.21. The molecule has 3 rings (SSSR count). The second-order valence-electron chi connectivity index (χ2n) is 5.92. The van der Waals surface area contributed by atoms with Gasteiger partial charge in [-0.3, -0.25) is 0 Å². The first-order valence-electron chi connectivity index (χ1n) is 7.81. The molecule has 2 aromatic heterocycles. The van der Waals surface area contributed by atoms with Crippen LogP contribution in [0, 0.1) is 19.8 Å². The van der Waals surface area contributed by atoms with E-state index in [0.717, 1.165) is 55.6 Å². The minimum atomic E-state index is 0.573. The predicted molar refractivity (Wildman–Crippen MR) is 86.2 cm³/mol. The third-order valence-electron chi connectivity index (χ3n) is 3.99. The molecule has 1 aliphatic heterocycles. The van der Waals surface area contributed by atoms with Crippen LogP contribution in [0.15, 0.2) is 30.6 Å². The van der Waals surface area contributed by atoms with E-state index < -0.39 is 0 Å². The Hall–Kier alpha value is -2.17. The van der Waals surface area contributed by atoms with Gasteiger partial charge in [0.05, 0.1) is 6.61 Å². The molecule has 22 heavy (non-hydrogen) atoms. The molecule has 2 aromatic rings. The molecule has 0 saturated carbocycles. The molecular weight excluding hydrogens is 276 g/mol. The fourth-order valence-corrected chi connectivity index (χ4v) is 2.65. The van der Waals surface area contributed by atoms with Crippen molar-refractivity contribution < 1.29 is 4.74 Å². The van der Waals surface area contributed by atoms with Crippen LogP contribution in [0.3, 0.4) is 0 Å². The lowest BCUT2D eigenvalue weighted by Crippen LogP contribution is -2.36. The van der Waals surface area contributed by atoms with Gasteiger partial charge in [-0.15, -0.1) is 0 Å². The Kier molecular flexibility index (Phi) is 4.51. The van der Waals surface area contributed by atoms with Crippen LogP contribution in [0.25, 0.3) is 0 Å². The molecule has 1 aliphatic rings. The van der Waals surface area contributed by atoms with Gasteiger partial charge in [-0.25, -0.2) is 15.0 Å². The van der Waals surface area contributed by atoms with E-state index in [9.17, 15) is 0 Å². The number of rotatable bonds is 4. The molecule has 1 saturated heterocycles. The molecule has 116 valence electrons. The molecule has 1 fully saturated rings. The summed E-state index contributed by atoms with van der Waals surface area (Å²) in [7, 11) is 0. The van der Waals surface area contributed by atoms with Crippen LogP contribution in [-0.2, 0) is 0 Å². The first-order valence-corrected chi connectivity index (χ1v) is 7.81. The van der Waals surface area contributed by atoms with Gasteiger partial charge in [-0.1, -0.05) is 6.07 Å². The lowest BCUT2D eigenvalue weighted by molar-refractivity contribution is 0.215. The van der Waals surface area contributed by atoms with Crippen molar-refractivity contribution in [3.63, 3.8) is 0 Å². The third kappa shape index (κ3) is 3.72. The van der Waals surface area contributed by atoms with Crippen molar-refractivity contribution in [2.24, 2.45) is 5.92 Å². The second kappa shape index (κ2) is 6.73. The Bertz CT molecular complexity index is 606. The maximum Gasteiger partial charge on any atom is 0.225 e. The highest BCUT2D eigenvalue weighted by Gasteiger charge is 2.21. The maximum absolute atomic E-state index is 5.82. The van der Waals surface area contributed by atoms with E-state index in [4.69, 9.17) is 4.74 Å². The van der Waals surface area contributed by atoms with E-state index in [2.05, 4.69) is 19.9 Å². The van der Waals surface area contributed by atoms with Crippen molar-refractivity contribution in [3.8, 4) is 5.88 Å². The van der Waals surface area contributed by atoms with Crippen molar-refractivity contribution in [2.45, 2.75) is 26.7 Å². The number of hydrogen-bond acceptors (Lipinski definition) is 5. The van der Waals surface area contributed by atoms with Gasteiger partial charge < -0.3 is 9.64 Å². The van der Waals surface area contributed by atoms with Crippen LogP contribution in [0.2, 0.25) is 0 Å². The summed E-state index contributed by atoms with van der Waals surface area (Å²) in [5.74, 6) is 2.14. The number of piperidine rings is 1. The van der Waals surface area contributed by atoms with Crippen LogP contribution in [0.5, 0.6) is 5.88 Å². The Morgan fingerprint density at radius 2 is 1.86 bits per heavy atom. The van der Waals surface area contributed by atoms with Crippen LogP contribution in [0.1, 0.15) is 24.1 Å². The Labute approximate surface area is 131 Å². The summed E-state index contributed by atoms with van der Waals surface area (Å²) < 4.78 is 5.82. The lowest BCUT2D eigenvalue weighted by atomic mass is 9.98. The molecule has 0 unspecified atom stereocenters. The predicted octanol–water partition coefficient (Wildman–Crippen LogP) is 2.78. The van der Waals surface area contributed by atoms with Crippen LogP contribution < -0.4 is 9.64 Å². The highest BCUT2D eigenvalue weighted by atomic mass is 16.5. The molecule has 0 spiro atoms. The van der Waals surface area contributed by atoms with Gasteiger partial charge in [-0.2, -0.15) is 0 Å². The zero-order valence-electron chi connectivity index (χ0n) is 13.2. The molecule has 0 aliphatic carbocycles. The van der Waals surface area contributed by atoms with Crippen LogP contribution in [-0.4, -0.2) is 34.6 Å². The highest BCUT2D eigenvalue weighted by molar-refractivity contribution is 5.30. The summed E-state index contributed by atoms with van der Waals surface area (Å²) in [4.78, 5) is 15.4. The Balaban J connectivity index is 1.48. The van der Waals surface area contributed by atoms with Crippen molar-refractivity contribution in [2.75, 3.05) is 24.6 Å². The second-order valence-corrected chi connectivity index (χ2v) is 5.92. The topological polar surface area (TPSA) is 51.1 Å². The quantitative estimate of drug-likeness (QED) is 0.868. The number of aromatic nitrogens is 3. The van der Waals surface area contributed by atoms with Gasteiger partial charge in [0.25, 0.3) is 0 Å². The first-order chi connectivity index (χ1) is 10.7. The molecule has 0 N–H and O–H groups in total. The van der Waals surface area contributed by atoms with Crippen molar-refractivity contribution in [1.29, 1.82) is 0 Å². The molecule has 5 heteroatoms. The zero-order chi connectivity index (χ0) is 15.4. The number of pyridine rings is 1. The SMILES string of the molecule is Cc1cnc(N2CCC(COc3cccc(C)n3)CC2)nc1. The summed E-state index contributed by atoms with van der Waals surface area (Å²) in [6.07, 6.45) is 5.95. The number of nitrogens with zero attached hydrogens (tertiary/aromatic N) is 4. The molecule has 3 heterocycles. The standard InChI is InChI=1S/C17H22N4O/c1-13-10-18-17(19-11-13)21-8-6-15(7-9-21)12-22-16-5-3-4-14(2)20-16/h3-5,10-11,15H,6-9,12H2,1-2H3. The monoisotopic (exact) mass is 298 g/mol. The van der Waals surface area contributed by atoms with Gasteiger partial charge >= 0.3 is 0 Å². The van der Waals surface area contributed by atoms with Crippen molar-refractivity contribution in [3.05, 3.63) is 41.9 Å². The molecule has 0 bridgehead atoms. The normalized spacial score (nSPS) is 15.8. The third-order valence-corrected chi connectivity index (χ3v) is 3.99. The van der Waals surface area contributed by atoms with E-state index in [-0.39, 0.29) is 0 Å². The molecule has 5 nitrogen and oxygen atoms in total. The van der Waals surface area contributed by atoms with E-state index in [1.807, 2.05) is 44.4 Å². The summed E-state index contributed by atoms with van der Waals surface area (Å²) in [6, 6.07) is 5.88. The average Bonchev–Trinajstić information content (AvgIpc) is 2.54. The van der Waals surface area contributed by atoms with Gasteiger partial charge in [0, 0.05) is 37.2 Å². The average molecular weight is 298 g/mol. The fourth-order valence-electron chi connectivity index (χ4n) is 2.65. The lowest BCUT2D eigenvalue weighted by Gasteiger charge is -2.31. The number of anilines is 1. The van der Waals surface area contributed by atoms with E-state index in [1.165, 1.54) is 0 Å². The van der Waals surface area contributed by atoms with Gasteiger partial charge in [0.2, 0.25) is 11.8 Å². The number of aryl methyl sites for hydroxylation is 2. The summed E-state index contributed by atoms with van der Waals surface area (Å²) in [5.41, 5.74) is 2.08. The smallest absolute Gasteiger partial charge is 0.225 e. The molecule has 0 aromatic carbocycles. The van der Waals surface area contributed by atoms with Gasteiger partial charge in [0.1, 0.15) is 0 Å². The van der Waals surface area contributed by atoms with Gasteiger partial charge in [0.15, 0.2) is 0 Å². The minimum absolute atomic E-state index is 0.573. The minimum Gasteiger partial charge on any atom is -0.477 e. The molecule has 0 amide bonds. The first kappa shape index (κ1) is 14.8. The van der Waals surface area contributed by atoms with E-state index in [1.54, 1.807) is 0 Å². The maximum atomic E-state index is 5.82. The zero-order valence-corrected chi connectivity index (χ0v) is 13.2. The Morgan fingerprint density at radius 3 is 2.55 bits per heavy atom. The largest absolute Gasteiger partial charge is 0.477 e. The Morgan fingerprint density at radius 1 is 1.14 bits per heavy atom. The van der Waals surface area contributed by atoms with E-state index in [0.29, 0.717) is 5.92 Å². The summed E-state index contributed by atoms with van der Waals surface area (Å²) in [6.45, 7) is 6.69. The summed E-state index contributed by atoms with van der Waals surface area (Å²) in [5, 5.41) is 0. The fraction of sp³-hybridized carbons (Fsp3) is 0.471.